The Balaban J connectivity index is 2.41. The quantitative estimate of drug-likeness (QED) is 0.515. The first-order chi connectivity index (χ1) is 9.19. The number of nitrogens with two attached hydrogens (primary N) is 1. The SMILES string of the molecule is CCCNc1nc(N)c(C(=O)NCCCCCO)s1. The molecule has 0 saturated heterocycles. The molecule has 0 aliphatic carbocycles. The van der Waals surface area contributed by atoms with Gasteiger partial charge in [0, 0.05) is 19.7 Å². The van der Waals surface area contributed by atoms with Crippen molar-refractivity contribution in [2.24, 2.45) is 0 Å². The number of carbonyl (C=O) groups excluding carboxylic acids is 1. The lowest BCUT2D eigenvalue weighted by molar-refractivity contribution is 0.0957. The van der Waals surface area contributed by atoms with E-state index in [0.717, 1.165) is 32.2 Å². The molecule has 0 aromatic carbocycles. The van der Waals surface area contributed by atoms with Gasteiger partial charge in [-0.15, -0.1) is 0 Å². The zero-order valence-electron chi connectivity index (χ0n) is 11.2. The molecule has 1 aromatic rings. The fraction of sp³-hybridized carbons (Fsp3) is 0.667. The molecule has 0 fully saturated rings. The summed E-state index contributed by atoms with van der Waals surface area (Å²) in [7, 11) is 0. The number of hydrogen-bond acceptors (Lipinski definition) is 6. The Labute approximate surface area is 117 Å². The van der Waals surface area contributed by atoms with E-state index >= 15 is 0 Å². The second-order valence-electron chi connectivity index (χ2n) is 4.20. The summed E-state index contributed by atoms with van der Waals surface area (Å²) >= 11 is 1.28. The van der Waals surface area contributed by atoms with Crippen LogP contribution in [-0.4, -0.2) is 35.7 Å². The van der Waals surface area contributed by atoms with E-state index in [0.29, 0.717) is 16.6 Å². The molecule has 1 amide bonds. The van der Waals surface area contributed by atoms with Crippen molar-refractivity contribution < 1.29 is 9.90 Å². The van der Waals surface area contributed by atoms with Crippen LogP contribution in [0.5, 0.6) is 0 Å². The normalized spacial score (nSPS) is 10.4. The average molecular weight is 286 g/mol. The zero-order valence-corrected chi connectivity index (χ0v) is 12.1. The average Bonchev–Trinajstić information content (AvgIpc) is 2.77. The maximum absolute atomic E-state index is 11.9. The summed E-state index contributed by atoms with van der Waals surface area (Å²) < 4.78 is 0. The number of aliphatic hydroxyl groups is 1. The molecule has 19 heavy (non-hydrogen) atoms. The smallest absolute Gasteiger partial charge is 0.265 e. The van der Waals surface area contributed by atoms with Gasteiger partial charge in [-0.3, -0.25) is 4.79 Å². The summed E-state index contributed by atoms with van der Waals surface area (Å²) in [5, 5.41) is 15.3. The maximum atomic E-state index is 11.9. The molecule has 5 N–H and O–H groups in total. The molecule has 0 radical (unpaired) electrons. The molecular formula is C12H22N4O2S. The first-order valence-corrected chi connectivity index (χ1v) is 7.40. The number of amides is 1. The lowest BCUT2D eigenvalue weighted by Crippen LogP contribution is -2.24. The summed E-state index contributed by atoms with van der Waals surface area (Å²) in [5.74, 6) is 0.0972. The minimum Gasteiger partial charge on any atom is -0.396 e. The number of carbonyl (C=O) groups is 1. The number of aromatic nitrogens is 1. The molecule has 0 aliphatic heterocycles. The molecule has 7 heteroatoms. The Morgan fingerprint density at radius 3 is 2.84 bits per heavy atom. The highest BCUT2D eigenvalue weighted by Crippen LogP contribution is 2.24. The molecule has 1 heterocycles. The molecule has 0 atom stereocenters. The summed E-state index contributed by atoms with van der Waals surface area (Å²) in [5.41, 5.74) is 5.73. The topological polar surface area (TPSA) is 100 Å². The maximum Gasteiger partial charge on any atom is 0.265 e. The Bertz CT molecular complexity index is 395. The number of nitrogen functional groups attached to an aromatic ring is 1. The van der Waals surface area contributed by atoms with E-state index in [1.165, 1.54) is 11.3 Å². The Morgan fingerprint density at radius 1 is 1.37 bits per heavy atom. The number of nitrogens with one attached hydrogen (secondary N) is 2. The van der Waals surface area contributed by atoms with Crippen LogP contribution in [0, 0.1) is 0 Å². The number of thiazole rings is 1. The van der Waals surface area contributed by atoms with Crippen molar-refractivity contribution in [3.05, 3.63) is 4.88 Å². The van der Waals surface area contributed by atoms with Crippen LogP contribution < -0.4 is 16.4 Å². The molecule has 1 aromatic heterocycles. The fourth-order valence-electron chi connectivity index (χ4n) is 1.50. The predicted octanol–water partition coefficient (Wildman–Crippen LogP) is 1.44. The standard InChI is InChI=1S/C12H22N4O2S/c1-2-6-15-12-16-10(13)9(19-12)11(18)14-7-4-3-5-8-17/h17H,2-8,13H2,1H3,(H,14,18)(H,15,16). The first-order valence-electron chi connectivity index (χ1n) is 6.58. The van der Waals surface area contributed by atoms with Crippen LogP contribution in [0.1, 0.15) is 42.3 Å². The minimum atomic E-state index is -0.177. The highest BCUT2D eigenvalue weighted by Gasteiger charge is 2.15. The molecule has 0 unspecified atom stereocenters. The van der Waals surface area contributed by atoms with Crippen LogP contribution >= 0.6 is 11.3 Å². The molecule has 0 aliphatic rings. The van der Waals surface area contributed by atoms with Crippen LogP contribution in [0.3, 0.4) is 0 Å². The van der Waals surface area contributed by atoms with Crippen molar-refractivity contribution in [1.82, 2.24) is 10.3 Å². The van der Waals surface area contributed by atoms with Crippen LogP contribution in [0.15, 0.2) is 0 Å². The Kier molecular flexibility index (Phi) is 7.20. The van der Waals surface area contributed by atoms with Gasteiger partial charge in [-0.2, -0.15) is 0 Å². The summed E-state index contributed by atoms with van der Waals surface area (Å²) in [6.45, 7) is 3.66. The van der Waals surface area contributed by atoms with Gasteiger partial charge in [0.15, 0.2) is 5.13 Å². The third-order valence-electron chi connectivity index (χ3n) is 2.51. The van der Waals surface area contributed by atoms with Gasteiger partial charge in [0.2, 0.25) is 0 Å². The number of unbranched alkanes of at least 4 members (excludes halogenated alkanes) is 2. The van der Waals surface area contributed by atoms with Gasteiger partial charge < -0.3 is 21.5 Å². The van der Waals surface area contributed by atoms with Crippen LogP contribution in [0.4, 0.5) is 10.9 Å². The van der Waals surface area contributed by atoms with Crippen LogP contribution in [0.25, 0.3) is 0 Å². The lowest BCUT2D eigenvalue weighted by atomic mass is 10.2. The second-order valence-corrected chi connectivity index (χ2v) is 5.20. The second kappa shape index (κ2) is 8.71. The molecule has 0 saturated carbocycles. The Hall–Kier alpha value is -1.34. The lowest BCUT2D eigenvalue weighted by Gasteiger charge is -2.03. The highest BCUT2D eigenvalue weighted by molar-refractivity contribution is 7.18. The van der Waals surface area contributed by atoms with Gasteiger partial charge in [0.05, 0.1) is 0 Å². The monoisotopic (exact) mass is 286 g/mol. The van der Waals surface area contributed by atoms with Crippen LogP contribution in [-0.2, 0) is 0 Å². The number of anilines is 2. The van der Waals surface area contributed by atoms with Crippen LogP contribution in [0.2, 0.25) is 0 Å². The van der Waals surface area contributed by atoms with E-state index in [-0.39, 0.29) is 18.3 Å². The molecular weight excluding hydrogens is 264 g/mol. The predicted molar refractivity (Wildman–Crippen MR) is 78.6 cm³/mol. The number of aliphatic hydroxyl groups excluding tert-OH is 1. The van der Waals surface area contributed by atoms with Crippen molar-refractivity contribution >= 4 is 28.2 Å². The van der Waals surface area contributed by atoms with E-state index in [2.05, 4.69) is 22.5 Å². The molecule has 0 bridgehead atoms. The molecule has 1 rings (SSSR count). The number of hydrogen-bond donors (Lipinski definition) is 4. The van der Waals surface area contributed by atoms with Gasteiger partial charge in [-0.25, -0.2) is 4.98 Å². The van der Waals surface area contributed by atoms with E-state index in [9.17, 15) is 4.79 Å². The van der Waals surface area contributed by atoms with Crippen molar-refractivity contribution in [3.63, 3.8) is 0 Å². The highest BCUT2D eigenvalue weighted by atomic mass is 32.1. The third-order valence-corrected chi connectivity index (χ3v) is 3.53. The van der Waals surface area contributed by atoms with Gasteiger partial charge in [-0.1, -0.05) is 18.3 Å². The van der Waals surface area contributed by atoms with Gasteiger partial charge in [-0.05, 0) is 25.7 Å². The van der Waals surface area contributed by atoms with E-state index in [4.69, 9.17) is 10.8 Å². The third kappa shape index (κ3) is 5.44. The van der Waals surface area contributed by atoms with E-state index in [1.807, 2.05) is 0 Å². The summed E-state index contributed by atoms with van der Waals surface area (Å²) in [6.07, 6.45) is 3.51. The van der Waals surface area contributed by atoms with Gasteiger partial charge >= 0.3 is 0 Å². The summed E-state index contributed by atoms with van der Waals surface area (Å²) in [6, 6.07) is 0. The molecule has 108 valence electrons. The molecule has 0 spiro atoms. The van der Waals surface area contributed by atoms with Crippen molar-refractivity contribution in [2.45, 2.75) is 32.6 Å². The summed E-state index contributed by atoms with van der Waals surface area (Å²) in [4.78, 5) is 16.5. The van der Waals surface area contributed by atoms with Gasteiger partial charge in [0.25, 0.3) is 5.91 Å². The molecule has 6 nitrogen and oxygen atoms in total. The van der Waals surface area contributed by atoms with E-state index < -0.39 is 0 Å². The van der Waals surface area contributed by atoms with Crippen molar-refractivity contribution in [2.75, 3.05) is 30.7 Å². The van der Waals surface area contributed by atoms with Crippen molar-refractivity contribution in [1.29, 1.82) is 0 Å². The number of rotatable bonds is 9. The first kappa shape index (κ1) is 15.7. The number of nitrogens with zero attached hydrogens (tertiary/aromatic N) is 1. The fourth-order valence-corrected chi connectivity index (χ4v) is 2.32. The zero-order chi connectivity index (χ0) is 14.1. The largest absolute Gasteiger partial charge is 0.396 e. The van der Waals surface area contributed by atoms with Gasteiger partial charge in [0.1, 0.15) is 10.7 Å². The van der Waals surface area contributed by atoms with Crippen molar-refractivity contribution in [3.8, 4) is 0 Å². The Morgan fingerprint density at radius 2 is 2.16 bits per heavy atom. The minimum absolute atomic E-state index is 0.177. The van der Waals surface area contributed by atoms with E-state index in [1.54, 1.807) is 0 Å².